The topological polar surface area (TPSA) is 76.5 Å². The number of aryl methyl sites for hydroxylation is 1. The molecular formula is C22H25N5O2S2. The maximum absolute atomic E-state index is 13.2. The zero-order valence-electron chi connectivity index (χ0n) is 17.4. The standard InChI is InChI=1S/C22H25N5O2S2/c1-15-23-24-22(26(15)16-7-3-2-4-8-16)31-14-21(28)27-18(19-9-5-11-29-19)13-17(25-27)20-10-6-12-30-20/h5-6,9-12,16,18H,2-4,7-8,13-14H2,1H3. The number of nitrogens with zero attached hydrogens (tertiary/aromatic N) is 5. The molecule has 1 atom stereocenters. The van der Waals surface area contributed by atoms with E-state index < -0.39 is 0 Å². The molecule has 1 aliphatic heterocycles. The summed E-state index contributed by atoms with van der Waals surface area (Å²) in [6, 6.07) is 8.04. The first-order chi connectivity index (χ1) is 15.2. The smallest absolute Gasteiger partial charge is 0.253 e. The van der Waals surface area contributed by atoms with E-state index in [-0.39, 0.29) is 17.7 Å². The van der Waals surface area contributed by atoms with Crippen molar-refractivity contribution < 1.29 is 9.21 Å². The van der Waals surface area contributed by atoms with E-state index in [2.05, 4.69) is 14.8 Å². The van der Waals surface area contributed by atoms with Crippen LogP contribution in [0.15, 0.2) is 50.6 Å². The zero-order valence-corrected chi connectivity index (χ0v) is 19.1. The maximum Gasteiger partial charge on any atom is 0.253 e. The lowest BCUT2D eigenvalue weighted by Gasteiger charge is -2.25. The second-order valence-corrected chi connectivity index (χ2v) is 9.87. The molecule has 162 valence electrons. The highest BCUT2D eigenvalue weighted by atomic mass is 32.2. The van der Waals surface area contributed by atoms with Gasteiger partial charge in [-0.25, -0.2) is 5.01 Å². The lowest BCUT2D eigenvalue weighted by molar-refractivity contribution is -0.130. The Labute approximate surface area is 189 Å². The van der Waals surface area contributed by atoms with Crippen LogP contribution >= 0.6 is 23.1 Å². The van der Waals surface area contributed by atoms with Gasteiger partial charge in [0, 0.05) is 12.5 Å². The van der Waals surface area contributed by atoms with Crippen LogP contribution in [0.25, 0.3) is 0 Å². The summed E-state index contributed by atoms with van der Waals surface area (Å²) < 4.78 is 7.86. The Kier molecular flexibility index (Phi) is 5.95. The van der Waals surface area contributed by atoms with Gasteiger partial charge < -0.3 is 8.98 Å². The third-order valence-electron chi connectivity index (χ3n) is 5.94. The molecule has 4 heterocycles. The quantitative estimate of drug-likeness (QED) is 0.477. The van der Waals surface area contributed by atoms with Crippen molar-refractivity contribution in [2.24, 2.45) is 5.10 Å². The van der Waals surface area contributed by atoms with Crippen molar-refractivity contribution in [2.45, 2.75) is 62.7 Å². The van der Waals surface area contributed by atoms with Crippen LogP contribution in [0.3, 0.4) is 0 Å². The summed E-state index contributed by atoms with van der Waals surface area (Å²) in [5, 5.41) is 17.8. The van der Waals surface area contributed by atoms with Gasteiger partial charge in [-0.3, -0.25) is 4.79 Å². The van der Waals surface area contributed by atoms with Crippen LogP contribution < -0.4 is 0 Å². The minimum Gasteiger partial charge on any atom is -0.467 e. The monoisotopic (exact) mass is 455 g/mol. The Morgan fingerprint density at radius 2 is 2.10 bits per heavy atom. The van der Waals surface area contributed by atoms with E-state index in [0.29, 0.717) is 12.5 Å². The minimum atomic E-state index is -0.210. The third-order valence-corrected chi connectivity index (χ3v) is 7.79. The van der Waals surface area contributed by atoms with Crippen LogP contribution in [0.2, 0.25) is 0 Å². The number of amides is 1. The predicted octanol–water partition coefficient (Wildman–Crippen LogP) is 5.22. The number of rotatable bonds is 6. The molecule has 0 bridgehead atoms. The fraction of sp³-hybridized carbons (Fsp3) is 0.455. The molecule has 31 heavy (non-hydrogen) atoms. The van der Waals surface area contributed by atoms with Gasteiger partial charge in [-0.1, -0.05) is 37.1 Å². The van der Waals surface area contributed by atoms with Crippen molar-refractivity contribution in [1.82, 2.24) is 19.8 Å². The van der Waals surface area contributed by atoms with Crippen LogP contribution in [0.1, 0.15) is 67.1 Å². The molecule has 2 aliphatic rings. The van der Waals surface area contributed by atoms with Crippen LogP contribution in [-0.2, 0) is 4.79 Å². The normalized spacial score (nSPS) is 19.7. The van der Waals surface area contributed by atoms with E-state index in [9.17, 15) is 4.79 Å². The first-order valence-electron chi connectivity index (χ1n) is 10.7. The fourth-order valence-electron chi connectivity index (χ4n) is 4.43. The lowest BCUT2D eigenvalue weighted by Crippen LogP contribution is -2.28. The van der Waals surface area contributed by atoms with Gasteiger partial charge >= 0.3 is 0 Å². The van der Waals surface area contributed by atoms with E-state index >= 15 is 0 Å². The molecule has 0 aromatic carbocycles. The van der Waals surface area contributed by atoms with Crippen LogP contribution in [-0.4, -0.2) is 37.1 Å². The number of hydrogen-bond donors (Lipinski definition) is 0. The molecule has 0 spiro atoms. The summed E-state index contributed by atoms with van der Waals surface area (Å²) in [5.74, 6) is 1.90. The molecule has 0 saturated heterocycles. The molecular weight excluding hydrogens is 430 g/mol. The summed E-state index contributed by atoms with van der Waals surface area (Å²) in [4.78, 5) is 14.3. The highest BCUT2D eigenvalue weighted by Crippen LogP contribution is 2.36. The number of thioether (sulfide) groups is 1. The van der Waals surface area contributed by atoms with Gasteiger partial charge in [0.05, 0.1) is 22.6 Å². The molecule has 9 heteroatoms. The second-order valence-electron chi connectivity index (χ2n) is 7.98. The average Bonchev–Trinajstić information content (AvgIpc) is 3.59. The van der Waals surface area contributed by atoms with Crippen LogP contribution in [0, 0.1) is 6.92 Å². The molecule has 3 aromatic rings. The van der Waals surface area contributed by atoms with E-state index in [1.54, 1.807) is 22.6 Å². The number of thiophene rings is 1. The molecule has 0 radical (unpaired) electrons. The fourth-order valence-corrected chi connectivity index (χ4v) is 6.06. The van der Waals surface area contributed by atoms with Gasteiger partial charge in [-0.2, -0.15) is 5.10 Å². The van der Waals surface area contributed by atoms with Crippen molar-refractivity contribution in [3.05, 3.63) is 52.4 Å². The Hall–Kier alpha value is -2.39. The van der Waals surface area contributed by atoms with E-state index in [0.717, 1.165) is 40.2 Å². The van der Waals surface area contributed by atoms with E-state index in [1.807, 2.05) is 36.6 Å². The predicted molar refractivity (Wildman–Crippen MR) is 121 cm³/mol. The number of aromatic nitrogens is 3. The van der Waals surface area contributed by atoms with Gasteiger partial charge in [-0.15, -0.1) is 21.5 Å². The molecule has 0 N–H and O–H groups in total. The minimum absolute atomic E-state index is 0.0474. The molecule has 1 unspecified atom stereocenters. The van der Waals surface area contributed by atoms with Crippen molar-refractivity contribution in [1.29, 1.82) is 0 Å². The van der Waals surface area contributed by atoms with Gasteiger partial charge in [0.15, 0.2) is 5.16 Å². The SMILES string of the molecule is Cc1nnc(SCC(=O)N2N=C(c3cccs3)CC2c2ccco2)n1C1CCCCC1. The molecule has 7 nitrogen and oxygen atoms in total. The molecule has 5 rings (SSSR count). The Bertz CT molecular complexity index is 1050. The average molecular weight is 456 g/mol. The number of furan rings is 1. The first kappa shape index (κ1) is 20.5. The van der Waals surface area contributed by atoms with Crippen molar-refractivity contribution in [2.75, 3.05) is 5.75 Å². The van der Waals surface area contributed by atoms with E-state index in [4.69, 9.17) is 9.52 Å². The van der Waals surface area contributed by atoms with Gasteiger partial charge in [0.1, 0.15) is 17.6 Å². The van der Waals surface area contributed by atoms with Crippen LogP contribution in [0.5, 0.6) is 0 Å². The molecule has 1 aliphatic carbocycles. The summed E-state index contributed by atoms with van der Waals surface area (Å²) in [5.41, 5.74) is 0.927. The van der Waals surface area contributed by atoms with E-state index in [1.165, 1.54) is 31.0 Å². The molecule has 1 amide bonds. The Balaban J connectivity index is 1.33. The summed E-state index contributed by atoms with van der Waals surface area (Å²) in [7, 11) is 0. The largest absolute Gasteiger partial charge is 0.467 e. The van der Waals surface area contributed by atoms with Gasteiger partial charge in [0.2, 0.25) is 0 Å². The Morgan fingerprint density at radius 3 is 2.84 bits per heavy atom. The van der Waals surface area contributed by atoms with Gasteiger partial charge in [-0.05, 0) is 43.3 Å². The van der Waals surface area contributed by atoms with Crippen LogP contribution in [0.4, 0.5) is 0 Å². The summed E-state index contributed by atoms with van der Waals surface area (Å²) in [6.07, 6.45) is 8.39. The zero-order chi connectivity index (χ0) is 21.2. The number of hydrazone groups is 1. The number of hydrogen-bond acceptors (Lipinski definition) is 7. The van der Waals surface area contributed by atoms with Gasteiger partial charge in [0.25, 0.3) is 5.91 Å². The van der Waals surface area contributed by atoms with Crippen molar-refractivity contribution in [3.8, 4) is 0 Å². The maximum atomic E-state index is 13.2. The highest BCUT2D eigenvalue weighted by Gasteiger charge is 2.35. The first-order valence-corrected chi connectivity index (χ1v) is 12.6. The summed E-state index contributed by atoms with van der Waals surface area (Å²) >= 11 is 3.09. The Morgan fingerprint density at radius 1 is 1.23 bits per heavy atom. The molecule has 3 aromatic heterocycles. The van der Waals surface area contributed by atoms with Crippen molar-refractivity contribution >= 4 is 34.7 Å². The lowest BCUT2D eigenvalue weighted by atomic mass is 9.95. The molecule has 1 saturated carbocycles. The summed E-state index contributed by atoms with van der Waals surface area (Å²) in [6.45, 7) is 2.00. The number of carbonyl (C=O) groups excluding carboxylic acids is 1. The number of carbonyl (C=O) groups is 1. The highest BCUT2D eigenvalue weighted by molar-refractivity contribution is 7.99. The second kappa shape index (κ2) is 9.00. The van der Waals surface area contributed by atoms with Crippen molar-refractivity contribution in [3.63, 3.8) is 0 Å². The molecule has 1 fully saturated rings. The third kappa shape index (κ3) is 4.21.